The van der Waals surface area contributed by atoms with Crippen LogP contribution in [0.1, 0.15) is 71.1 Å². The van der Waals surface area contributed by atoms with Gasteiger partial charge in [-0.2, -0.15) is 0 Å². The van der Waals surface area contributed by atoms with Crippen LogP contribution in [-0.4, -0.2) is 19.0 Å². The Labute approximate surface area is 130 Å². The maximum absolute atomic E-state index is 5.86. The molecule has 1 saturated heterocycles. The van der Waals surface area contributed by atoms with Gasteiger partial charge in [0.2, 0.25) is 0 Å². The number of ether oxygens (including phenoxy) is 2. The second-order valence-electron chi connectivity index (χ2n) is 7.37. The van der Waals surface area contributed by atoms with Gasteiger partial charge in [-0.05, 0) is 63.2 Å². The van der Waals surface area contributed by atoms with E-state index < -0.39 is 0 Å². The topological polar surface area (TPSA) is 18.5 Å². The first-order chi connectivity index (χ1) is 10.3. The molecule has 0 radical (unpaired) electrons. The minimum Gasteiger partial charge on any atom is -0.348 e. The maximum Gasteiger partial charge on any atom is 0.168 e. The van der Waals surface area contributed by atoms with E-state index >= 15 is 0 Å². The van der Waals surface area contributed by atoms with Crippen molar-refractivity contribution < 1.29 is 9.47 Å². The van der Waals surface area contributed by atoms with E-state index in [0.717, 1.165) is 43.8 Å². The van der Waals surface area contributed by atoms with Gasteiger partial charge < -0.3 is 9.47 Å². The lowest BCUT2D eigenvalue weighted by Crippen LogP contribution is -2.37. The molecular weight excluding hydrogens is 260 g/mol. The average molecular weight is 292 g/mol. The summed E-state index contributed by atoms with van der Waals surface area (Å²) < 4.78 is 11.7. The minimum absolute atomic E-state index is 0.166. The molecule has 0 amide bonds. The minimum atomic E-state index is -0.166. The summed E-state index contributed by atoms with van der Waals surface area (Å²) in [4.78, 5) is 0. The molecule has 3 fully saturated rings. The third kappa shape index (κ3) is 3.90. The van der Waals surface area contributed by atoms with Crippen molar-refractivity contribution in [3.63, 3.8) is 0 Å². The van der Waals surface area contributed by atoms with Gasteiger partial charge in [-0.1, -0.05) is 25.0 Å². The average Bonchev–Trinajstić information content (AvgIpc) is 2.97. The molecular formula is C19H32O2. The van der Waals surface area contributed by atoms with E-state index in [9.17, 15) is 0 Å². The van der Waals surface area contributed by atoms with Crippen LogP contribution in [-0.2, 0) is 9.47 Å². The van der Waals surface area contributed by atoms with Crippen molar-refractivity contribution in [1.82, 2.24) is 0 Å². The first-order valence-electron chi connectivity index (χ1n) is 9.20. The molecule has 21 heavy (non-hydrogen) atoms. The van der Waals surface area contributed by atoms with Crippen LogP contribution in [0.2, 0.25) is 0 Å². The van der Waals surface area contributed by atoms with E-state index in [0.29, 0.717) is 0 Å². The Balaban J connectivity index is 1.39. The number of allylic oxidation sites excluding steroid dienone is 2. The summed E-state index contributed by atoms with van der Waals surface area (Å²) in [6, 6.07) is 0. The largest absolute Gasteiger partial charge is 0.348 e. The smallest absolute Gasteiger partial charge is 0.168 e. The Morgan fingerprint density at radius 2 is 1.52 bits per heavy atom. The van der Waals surface area contributed by atoms with Gasteiger partial charge in [-0.15, -0.1) is 0 Å². The fraction of sp³-hybridized carbons (Fsp3) is 0.895. The zero-order valence-electron chi connectivity index (χ0n) is 13.7. The zero-order valence-corrected chi connectivity index (χ0v) is 13.7. The summed E-state index contributed by atoms with van der Waals surface area (Å²) in [5.41, 5.74) is 0. The third-order valence-electron chi connectivity index (χ3n) is 6.14. The highest BCUT2D eigenvalue weighted by Crippen LogP contribution is 2.45. The first kappa shape index (κ1) is 15.6. The van der Waals surface area contributed by atoms with Crippen LogP contribution < -0.4 is 0 Å². The number of rotatable bonds is 4. The normalized spacial score (nSPS) is 34.0. The molecule has 3 rings (SSSR count). The fourth-order valence-corrected chi connectivity index (χ4v) is 4.78. The molecule has 2 heteroatoms. The highest BCUT2D eigenvalue weighted by atomic mass is 16.7. The highest BCUT2D eigenvalue weighted by Gasteiger charge is 2.42. The Morgan fingerprint density at radius 1 is 0.905 bits per heavy atom. The SMILES string of the molecule is CC=CCCC1CCC(C2CCC3(CC2)OCCO3)CC1. The quantitative estimate of drug-likeness (QED) is 0.672. The summed E-state index contributed by atoms with van der Waals surface area (Å²) in [7, 11) is 0. The molecule has 0 N–H and O–H groups in total. The number of hydrogen-bond donors (Lipinski definition) is 0. The van der Waals surface area contributed by atoms with Crippen LogP contribution in [0, 0.1) is 17.8 Å². The van der Waals surface area contributed by atoms with Gasteiger partial charge in [0.1, 0.15) is 0 Å². The van der Waals surface area contributed by atoms with Crippen LogP contribution in [0.25, 0.3) is 0 Å². The van der Waals surface area contributed by atoms with Crippen molar-refractivity contribution in [2.24, 2.45) is 17.8 Å². The molecule has 0 unspecified atom stereocenters. The van der Waals surface area contributed by atoms with E-state index in [2.05, 4.69) is 19.1 Å². The van der Waals surface area contributed by atoms with Crippen molar-refractivity contribution in [3.8, 4) is 0 Å². The highest BCUT2D eigenvalue weighted by molar-refractivity contribution is 4.87. The van der Waals surface area contributed by atoms with E-state index in [-0.39, 0.29) is 5.79 Å². The summed E-state index contributed by atoms with van der Waals surface area (Å²) in [6.45, 7) is 3.74. The van der Waals surface area contributed by atoms with Crippen molar-refractivity contribution in [2.45, 2.75) is 76.9 Å². The molecule has 0 bridgehead atoms. The molecule has 0 aromatic carbocycles. The van der Waals surface area contributed by atoms with Gasteiger partial charge in [0, 0.05) is 12.8 Å². The van der Waals surface area contributed by atoms with Crippen LogP contribution in [0.5, 0.6) is 0 Å². The summed E-state index contributed by atoms with van der Waals surface area (Å²) in [5.74, 6) is 2.76. The van der Waals surface area contributed by atoms with Crippen molar-refractivity contribution in [3.05, 3.63) is 12.2 Å². The Bertz CT molecular complexity index is 325. The van der Waals surface area contributed by atoms with Crippen molar-refractivity contribution in [1.29, 1.82) is 0 Å². The van der Waals surface area contributed by atoms with Crippen LogP contribution in [0.3, 0.4) is 0 Å². The van der Waals surface area contributed by atoms with Crippen molar-refractivity contribution >= 4 is 0 Å². The lowest BCUT2D eigenvalue weighted by molar-refractivity contribution is -0.185. The lowest BCUT2D eigenvalue weighted by Gasteiger charge is -2.40. The summed E-state index contributed by atoms with van der Waals surface area (Å²) >= 11 is 0. The standard InChI is InChI=1S/C19H32O2/c1-2-3-4-5-16-6-8-17(9-7-16)18-10-12-19(13-11-18)20-14-15-21-19/h2-3,16-18H,4-15H2,1H3. The lowest BCUT2D eigenvalue weighted by atomic mass is 9.69. The van der Waals surface area contributed by atoms with E-state index in [1.807, 2.05) is 0 Å². The molecule has 0 atom stereocenters. The van der Waals surface area contributed by atoms with E-state index in [1.54, 1.807) is 0 Å². The van der Waals surface area contributed by atoms with Crippen LogP contribution in [0.15, 0.2) is 12.2 Å². The molecule has 1 heterocycles. The first-order valence-corrected chi connectivity index (χ1v) is 9.20. The fourth-order valence-electron chi connectivity index (χ4n) is 4.78. The molecule has 0 aromatic heterocycles. The zero-order chi connectivity index (χ0) is 14.5. The second-order valence-corrected chi connectivity index (χ2v) is 7.37. The molecule has 1 spiro atoms. The molecule has 0 aromatic rings. The van der Waals surface area contributed by atoms with Gasteiger partial charge in [0.25, 0.3) is 0 Å². The van der Waals surface area contributed by atoms with Gasteiger partial charge in [-0.25, -0.2) is 0 Å². The van der Waals surface area contributed by atoms with Gasteiger partial charge in [-0.3, -0.25) is 0 Å². The Hall–Kier alpha value is -0.340. The Morgan fingerprint density at radius 3 is 2.14 bits per heavy atom. The van der Waals surface area contributed by atoms with E-state index in [1.165, 1.54) is 51.4 Å². The van der Waals surface area contributed by atoms with Crippen LogP contribution in [0.4, 0.5) is 0 Å². The molecule has 3 aliphatic rings. The number of hydrogen-bond acceptors (Lipinski definition) is 2. The molecule has 2 nitrogen and oxygen atoms in total. The third-order valence-corrected chi connectivity index (χ3v) is 6.14. The van der Waals surface area contributed by atoms with Gasteiger partial charge in [0.05, 0.1) is 13.2 Å². The second kappa shape index (κ2) is 7.28. The molecule has 2 aliphatic carbocycles. The molecule has 1 aliphatic heterocycles. The monoisotopic (exact) mass is 292 g/mol. The molecule has 2 saturated carbocycles. The van der Waals surface area contributed by atoms with Crippen LogP contribution >= 0.6 is 0 Å². The maximum atomic E-state index is 5.86. The predicted octanol–water partition coefficient (Wildman–Crippen LogP) is 5.08. The molecule has 120 valence electrons. The predicted molar refractivity (Wildman–Crippen MR) is 86.1 cm³/mol. The van der Waals surface area contributed by atoms with Crippen molar-refractivity contribution in [2.75, 3.05) is 13.2 Å². The summed E-state index contributed by atoms with van der Waals surface area (Å²) in [5, 5.41) is 0. The van der Waals surface area contributed by atoms with E-state index in [4.69, 9.17) is 9.47 Å². The Kier molecular flexibility index (Phi) is 5.39. The summed E-state index contributed by atoms with van der Waals surface area (Å²) in [6.07, 6.45) is 18.0. The van der Waals surface area contributed by atoms with Gasteiger partial charge in [0.15, 0.2) is 5.79 Å². The van der Waals surface area contributed by atoms with Gasteiger partial charge >= 0.3 is 0 Å².